The Morgan fingerprint density at radius 3 is 2.63 bits per heavy atom. The Kier molecular flexibility index (Phi) is 6.53. The van der Waals surface area contributed by atoms with Crippen molar-refractivity contribution in [2.75, 3.05) is 33.1 Å². The number of nitrogens with zero attached hydrogens (tertiary/aromatic N) is 6. The van der Waals surface area contributed by atoms with Crippen molar-refractivity contribution >= 4 is 45.4 Å². The Morgan fingerprint density at radius 1 is 1.08 bits per heavy atom. The van der Waals surface area contributed by atoms with Crippen molar-refractivity contribution in [3.63, 3.8) is 0 Å². The summed E-state index contributed by atoms with van der Waals surface area (Å²) in [6.07, 6.45) is 11.6. The van der Waals surface area contributed by atoms with Crippen molar-refractivity contribution < 1.29 is 14.0 Å². The molecule has 2 saturated heterocycles. The molecule has 0 bridgehead atoms. The highest BCUT2D eigenvalue weighted by molar-refractivity contribution is 14.1. The highest BCUT2D eigenvalue weighted by atomic mass is 127. The summed E-state index contributed by atoms with van der Waals surface area (Å²) in [7, 11) is 2.21. The van der Waals surface area contributed by atoms with E-state index >= 15 is 0 Å². The van der Waals surface area contributed by atoms with Crippen LogP contribution in [0.2, 0.25) is 0 Å². The Balaban J connectivity index is 1.36. The van der Waals surface area contributed by atoms with E-state index in [4.69, 9.17) is 29.1 Å². The molecule has 11 heteroatoms. The van der Waals surface area contributed by atoms with Gasteiger partial charge in [-0.2, -0.15) is 5.10 Å². The second-order valence-corrected chi connectivity index (χ2v) is 13.2. The van der Waals surface area contributed by atoms with Crippen LogP contribution in [0.5, 0.6) is 0 Å². The maximum absolute atomic E-state index is 6.38. The fraction of sp³-hybridized carbons (Fsp3) is 0.704. The van der Waals surface area contributed by atoms with E-state index in [1.54, 1.807) is 11.8 Å². The second kappa shape index (κ2) is 9.67. The number of hydrogen-bond acceptors (Lipinski definition) is 9. The van der Waals surface area contributed by atoms with Gasteiger partial charge in [0, 0.05) is 18.0 Å². The van der Waals surface area contributed by atoms with Gasteiger partial charge in [-0.05, 0) is 94.3 Å². The van der Waals surface area contributed by atoms with E-state index in [1.807, 2.05) is 0 Å². The van der Waals surface area contributed by atoms with Crippen LogP contribution in [-0.2, 0) is 21.3 Å². The van der Waals surface area contributed by atoms with Gasteiger partial charge in [-0.25, -0.2) is 14.6 Å². The molecule has 3 aromatic heterocycles. The van der Waals surface area contributed by atoms with Gasteiger partial charge in [0.05, 0.1) is 30.1 Å². The lowest BCUT2D eigenvalue weighted by atomic mass is 9.61. The minimum absolute atomic E-state index is 0.208. The summed E-state index contributed by atoms with van der Waals surface area (Å²) in [5.74, 6) is 0.981. The molecule has 5 heterocycles. The fourth-order valence-corrected chi connectivity index (χ4v) is 9.16. The van der Waals surface area contributed by atoms with Crippen LogP contribution < -0.4 is 0 Å². The van der Waals surface area contributed by atoms with E-state index in [9.17, 15) is 0 Å². The van der Waals surface area contributed by atoms with Crippen LogP contribution >= 0.6 is 34.4 Å². The molecule has 4 aliphatic rings. The number of aromatic nitrogens is 5. The van der Waals surface area contributed by atoms with Gasteiger partial charge in [-0.1, -0.05) is 11.6 Å². The Morgan fingerprint density at radius 2 is 1.87 bits per heavy atom. The van der Waals surface area contributed by atoms with Crippen LogP contribution in [0.3, 0.4) is 0 Å². The first-order valence-electron chi connectivity index (χ1n) is 14.0. The molecule has 9 nitrogen and oxygen atoms in total. The molecule has 1 saturated carbocycles. The minimum Gasteiger partial charge on any atom is -0.360 e. The SMILES string of the molecule is CSc1nc(-c2noc3c2CCC[C@@]32CCCCC23OCCO3)nc2c1c(I)nn2[C@@H](C)[C@@H]1CCCN1C. The largest absolute Gasteiger partial charge is 0.360 e. The molecule has 0 N–H and O–H groups in total. The van der Waals surface area contributed by atoms with Gasteiger partial charge in [0.25, 0.3) is 0 Å². The first-order chi connectivity index (χ1) is 18.5. The number of fused-ring (bicyclic) bond motifs is 4. The normalized spacial score (nSPS) is 28.1. The molecule has 0 radical (unpaired) electrons. The van der Waals surface area contributed by atoms with Crippen molar-refractivity contribution in [1.29, 1.82) is 0 Å². The zero-order chi connectivity index (χ0) is 26.1. The zero-order valence-electron chi connectivity index (χ0n) is 22.3. The first kappa shape index (κ1) is 25.7. The van der Waals surface area contributed by atoms with Crippen LogP contribution in [0.25, 0.3) is 22.6 Å². The summed E-state index contributed by atoms with van der Waals surface area (Å²) < 4.78 is 22.1. The van der Waals surface area contributed by atoms with E-state index in [-0.39, 0.29) is 11.5 Å². The Bertz CT molecular complexity index is 1370. The van der Waals surface area contributed by atoms with Gasteiger partial charge < -0.3 is 18.9 Å². The summed E-state index contributed by atoms with van der Waals surface area (Å²) in [6, 6.07) is 0.651. The fourth-order valence-electron chi connectivity index (χ4n) is 7.68. The van der Waals surface area contributed by atoms with Gasteiger partial charge in [0.15, 0.2) is 28.7 Å². The topological polar surface area (TPSA) is 91.3 Å². The molecule has 0 unspecified atom stereocenters. The molecule has 2 spiro atoms. The van der Waals surface area contributed by atoms with E-state index in [0.29, 0.717) is 25.1 Å². The van der Waals surface area contributed by atoms with Gasteiger partial charge in [-0.15, -0.1) is 11.8 Å². The third-order valence-electron chi connectivity index (χ3n) is 9.50. The number of halogens is 1. The molecule has 0 amide bonds. The highest BCUT2D eigenvalue weighted by Gasteiger charge is 2.61. The lowest BCUT2D eigenvalue weighted by molar-refractivity contribution is -0.235. The quantitative estimate of drug-likeness (QED) is 0.211. The standard InChI is InChI=1S/C27H35IN6O3S/c1-16(18-9-7-13-33(18)2)34-24-19(22(28)31-34)25(38-3)30-23(29-24)20-17-8-6-11-26(21(17)37-32-20)10-4-5-12-27(26)35-14-15-36-27/h16,18H,4-15H2,1-3H3/t16-,18-,26-/m0/s1. The highest BCUT2D eigenvalue weighted by Crippen LogP contribution is 2.57. The molecule has 204 valence electrons. The van der Waals surface area contributed by atoms with Crippen LogP contribution in [0.15, 0.2) is 9.55 Å². The van der Waals surface area contributed by atoms with Crippen LogP contribution in [-0.4, -0.2) is 74.7 Å². The maximum Gasteiger partial charge on any atom is 0.185 e. The van der Waals surface area contributed by atoms with Gasteiger partial charge in [0.2, 0.25) is 0 Å². The molecule has 7 rings (SSSR count). The number of hydrogen-bond donors (Lipinski definition) is 0. The monoisotopic (exact) mass is 650 g/mol. The Hall–Kier alpha value is -1.28. The number of ether oxygens (including phenoxy) is 2. The summed E-state index contributed by atoms with van der Waals surface area (Å²) >= 11 is 3.97. The number of likely N-dealkylation sites (N-methyl/N-ethyl adjacent to an activating group) is 1. The first-order valence-corrected chi connectivity index (χ1v) is 16.3. The third kappa shape index (κ3) is 3.67. The minimum atomic E-state index is -0.593. The lowest BCUT2D eigenvalue weighted by Gasteiger charge is -2.50. The van der Waals surface area contributed by atoms with Crippen molar-refractivity contribution in [2.24, 2.45) is 0 Å². The van der Waals surface area contributed by atoms with Gasteiger partial charge >= 0.3 is 0 Å². The van der Waals surface area contributed by atoms with Gasteiger partial charge in [-0.3, -0.25) is 0 Å². The average Bonchev–Trinajstić information content (AvgIpc) is 3.72. The average molecular weight is 651 g/mol. The molecule has 38 heavy (non-hydrogen) atoms. The van der Waals surface area contributed by atoms with Gasteiger partial charge in [0.1, 0.15) is 8.73 Å². The van der Waals surface area contributed by atoms with Crippen molar-refractivity contribution in [3.8, 4) is 11.5 Å². The molecular weight excluding hydrogens is 615 g/mol. The number of rotatable bonds is 4. The maximum atomic E-state index is 6.38. The lowest BCUT2D eigenvalue weighted by Crippen LogP contribution is -2.56. The molecule has 0 aromatic carbocycles. The molecule has 2 aliphatic heterocycles. The molecule has 3 aromatic rings. The third-order valence-corrected chi connectivity index (χ3v) is 10.9. The number of thioether (sulfide) groups is 1. The van der Waals surface area contributed by atoms with E-state index in [1.165, 1.54) is 12.8 Å². The zero-order valence-corrected chi connectivity index (χ0v) is 25.3. The van der Waals surface area contributed by atoms with E-state index in [2.05, 4.69) is 57.6 Å². The van der Waals surface area contributed by atoms with Crippen LogP contribution in [0.1, 0.15) is 75.7 Å². The summed E-state index contributed by atoms with van der Waals surface area (Å²) in [4.78, 5) is 12.6. The molecule has 3 fully saturated rings. The smallest absolute Gasteiger partial charge is 0.185 e. The summed E-state index contributed by atoms with van der Waals surface area (Å²) in [5.41, 5.74) is 2.50. The molecular formula is C27H35IN6O3S. The van der Waals surface area contributed by atoms with Crippen LogP contribution in [0.4, 0.5) is 0 Å². The molecule has 3 atom stereocenters. The van der Waals surface area contributed by atoms with Crippen molar-refractivity contribution in [1.82, 2.24) is 29.8 Å². The van der Waals surface area contributed by atoms with Crippen molar-refractivity contribution in [3.05, 3.63) is 15.0 Å². The van der Waals surface area contributed by atoms with Crippen LogP contribution in [0, 0.1) is 3.70 Å². The Labute approximate surface area is 240 Å². The predicted molar refractivity (Wildman–Crippen MR) is 153 cm³/mol. The van der Waals surface area contributed by atoms with E-state index < -0.39 is 5.79 Å². The van der Waals surface area contributed by atoms with E-state index in [0.717, 1.165) is 88.3 Å². The predicted octanol–water partition coefficient (Wildman–Crippen LogP) is 5.35. The second-order valence-electron chi connectivity index (χ2n) is 11.4. The summed E-state index contributed by atoms with van der Waals surface area (Å²) in [5, 5.41) is 11.6. The van der Waals surface area contributed by atoms with Crippen molar-refractivity contribution in [2.45, 2.75) is 93.0 Å². The summed E-state index contributed by atoms with van der Waals surface area (Å²) in [6.45, 7) is 4.68. The molecule has 2 aliphatic carbocycles. The number of likely N-dealkylation sites (tertiary alicyclic amines) is 1.